The van der Waals surface area contributed by atoms with Gasteiger partial charge >= 0.3 is 5.97 Å². The minimum atomic E-state index is -0.0926. The summed E-state index contributed by atoms with van der Waals surface area (Å²) in [6.07, 6.45) is 2.53. The zero-order valence-corrected chi connectivity index (χ0v) is 13.8. The fourth-order valence-electron chi connectivity index (χ4n) is 0.923. The van der Waals surface area contributed by atoms with Crippen LogP contribution in [0.3, 0.4) is 0 Å². The highest BCUT2D eigenvalue weighted by molar-refractivity contribution is 5.69. The van der Waals surface area contributed by atoms with Crippen LogP contribution < -0.4 is 0 Å². The van der Waals surface area contributed by atoms with Crippen LogP contribution >= 0.6 is 0 Å². The summed E-state index contributed by atoms with van der Waals surface area (Å²) < 4.78 is 4.92. The van der Waals surface area contributed by atoms with Gasteiger partial charge in [0.2, 0.25) is 0 Å². The van der Waals surface area contributed by atoms with Crippen molar-refractivity contribution in [2.24, 2.45) is 17.0 Å². The molecule has 0 rings (SSSR count). The van der Waals surface area contributed by atoms with Gasteiger partial charge in [-0.25, -0.2) is 0 Å². The summed E-state index contributed by atoms with van der Waals surface area (Å²) in [5.74, 6) is 0.778. The van der Waals surface area contributed by atoms with E-state index in [4.69, 9.17) is 9.57 Å². The van der Waals surface area contributed by atoms with Crippen molar-refractivity contribution in [2.75, 3.05) is 0 Å². The van der Waals surface area contributed by atoms with Gasteiger partial charge in [-0.1, -0.05) is 32.9 Å². The molecule has 19 heavy (non-hydrogen) atoms. The summed E-state index contributed by atoms with van der Waals surface area (Å²) in [5, 5.41) is 3.75. The van der Waals surface area contributed by atoms with Crippen molar-refractivity contribution in [3.63, 3.8) is 0 Å². The molecule has 0 radical (unpaired) electrons. The molecule has 0 amide bonds. The Kier molecular flexibility index (Phi) is 12.8. The van der Waals surface area contributed by atoms with Crippen LogP contribution in [0.5, 0.6) is 0 Å². The highest BCUT2D eigenvalue weighted by atomic mass is 16.6. The van der Waals surface area contributed by atoms with Crippen molar-refractivity contribution in [3.05, 3.63) is 0 Å². The summed E-state index contributed by atoms with van der Waals surface area (Å²) in [7, 11) is 0. The smallest absolute Gasteiger partial charge is 0.306 e. The number of hydrogen-bond acceptors (Lipinski definition) is 4. The Labute approximate surface area is 118 Å². The second kappa shape index (κ2) is 12.0. The molecule has 0 N–H and O–H groups in total. The van der Waals surface area contributed by atoms with E-state index in [1.807, 2.05) is 41.5 Å². The van der Waals surface area contributed by atoms with Crippen molar-refractivity contribution >= 4 is 12.2 Å². The minimum Gasteiger partial charge on any atom is -0.463 e. The quantitative estimate of drug-likeness (QED) is 0.417. The van der Waals surface area contributed by atoms with Gasteiger partial charge in [-0.3, -0.25) is 4.79 Å². The molecular formula is C15H31NO3. The van der Waals surface area contributed by atoms with Crippen molar-refractivity contribution < 1.29 is 14.4 Å². The second-order valence-corrected chi connectivity index (χ2v) is 5.79. The van der Waals surface area contributed by atoms with Gasteiger partial charge in [-0.2, -0.15) is 0 Å². The number of oxime groups is 1. The first kappa shape index (κ1) is 20.3. The van der Waals surface area contributed by atoms with E-state index in [-0.39, 0.29) is 18.2 Å². The topological polar surface area (TPSA) is 47.9 Å². The third-order valence-corrected chi connectivity index (χ3v) is 1.57. The van der Waals surface area contributed by atoms with Crippen LogP contribution in [0.1, 0.15) is 61.8 Å². The lowest BCUT2D eigenvalue weighted by Gasteiger charge is -2.08. The number of ether oxygens (including phenoxy) is 1. The van der Waals surface area contributed by atoms with Gasteiger partial charge in [-0.15, -0.1) is 0 Å². The van der Waals surface area contributed by atoms with E-state index in [9.17, 15) is 4.79 Å². The summed E-state index contributed by atoms with van der Waals surface area (Å²) in [6.45, 7) is 15.8. The van der Waals surface area contributed by atoms with Crippen molar-refractivity contribution in [3.8, 4) is 0 Å². The van der Waals surface area contributed by atoms with Gasteiger partial charge in [0.1, 0.15) is 6.10 Å². The number of carbonyl (C=O) groups is 1. The molecule has 0 aliphatic heterocycles. The van der Waals surface area contributed by atoms with E-state index in [0.29, 0.717) is 18.3 Å². The molecule has 4 heteroatoms. The number of rotatable bonds is 6. The van der Waals surface area contributed by atoms with Crippen LogP contribution in [0.4, 0.5) is 0 Å². The van der Waals surface area contributed by atoms with Crippen molar-refractivity contribution in [1.29, 1.82) is 0 Å². The van der Waals surface area contributed by atoms with Crippen molar-refractivity contribution in [1.82, 2.24) is 0 Å². The van der Waals surface area contributed by atoms with E-state index in [1.54, 1.807) is 6.21 Å². The van der Waals surface area contributed by atoms with Crippen LogP contribution in [-0.4, -0.2) is 24.4 Å². The maximum atomic E-state index is 10.8. The Hall–Kier alpha value is -1.06. The van der Waals surface area contributed by atoms with E-state index in [0.717, 1.165) is 0 Å². The molecule has 0 atom stereocenters. The van der Waals surface area contributed by atoms with E-state index >= 15 is 0 Å². The third kappa shape index (κ3) is 22.6. The first-order chi connectivity index (χ1) is 8.65. The fourth-order valence-corrected chi connectivity index (χ4v) is 0.923. The second-order valence-electron chi connectivity index (χ2n) is 5.79. The molecule has 0 saturated heterocycles. The van der Waals surface area contributed by atoms with Gasteiger partial charge in [-0.05, 0) is 39.5 Å². The molecule has 0 bridgehead atoms. The molecule has 0 aromatic heterocycles. The molecule has 0 aromatic carbocycles. The molecular weight excluding hydrogens is 242 g/mol. The lowest BCUT2D eigenvalue weighted by molar-refractivity contribution is -0.148. The lowest BCUT2D eigenvalue weighted by atomic mass is 10.1. The molecule has 0 aromatic rings. The molecule has 0 aliphatic rings. The monoisotopic (exact) mass is 273 g/mol. The highest BCUT2D eigenvalue weighted by Crippen LogP contribution is 2.02. The van der Waals surface area contributed by atoms with E-state index in [2.05, 4.69) is 19.0 Å². The number of nitrogens with zero attached hydrogens (tertiary/aromatic N) is 1. The van der Waals surface area contributed by atoms with Crippen LogP contribution in [-0.2, 0) is 14.4 Å². The SMILES string of the molecule is CC(C)/C=N/OC(C)C.CC(C)CC(=O)OC(C)C. The first-order valence-corrected chi connectivity index (χ1v) is 7.03. The summed E-state index contributed by atoms with van der Waals surface area (Å²) in [4.78, 5) is 15.8. The largest absolute Gasteiger partial charge is 0.463 e. The average Bonchev–Trinajstić information content (AvgIpc) is 2.13. The number of hydrogen-bond donors (Lipinski definition) is 0. The van der Waals surface area contributed by atoms with Gasteiger partial charge in [0.15, 0.2) is 0 Å². The number of esters is 1. The van der Waals surface area contributed by atoms with Crippen LogP contribution in [0, 0.1) is 11.8 Å². The molecule has 114 valence electrons. The van der Waals surface area contributed by atoms with Crippen LogP contribution in [0.25, 0.3) is 0 Å². The maximum absolute atomic E-state index is 10.8. The fraction of sp³-hybridized carbons (Fsp3) is 0.867. The van der Waals surface area contributed by atoms with E-state index < -0.39 is 0 Å². The van der Waals surface area contributed by atoms with Crippen molar-refractivity contribution in [2.45, 2.75) is 74.0 Å². The molecule has 0 aliphatic carbocycles. The Morgan fingerprint density at radius 2 is 1.53 bits per heavy atom. The molecule has 4 nitrogen and oxygen atoms in total. The molecule has 0 saturated carbocycles. The van der Waals surface area contributed by atoms with Gasteiger partial charge in [0.05, 0.1) is 6.10 Å². The standard InChI is InChI=1S/C8H16O2.C7H15NO/c1-6(2)5-8(9)10-7(3)4;1-6(2)5-8-9-7(3)4/h6-7H,5H2,1-4H3;5-7H,1-4H3/b;8-5+. The maximum Gasteiger partial charge on any atom is 0.306 e. The predicted octanol–water partition coefficient (Wildman–Crippen LogP) is 4.04. The Balaban J connectivity index is 0. The predicted molar refractivity (Wildman–Crippen MR) is 80.2 cm³/mol. The molecule has 0 spiro atoms. The zero-order chi connectivity index (χ0) is 15.4. The summed E-state index contributed by atoms with van der Waals surface area (Å²) in [6, 6.07) is 0. The lowest BCUT2D eigenvalue weighted by Crippen LogP contribution is -2.12. The third-order valence-electron chi connectivity index (χ3n) is 1.57. The molecule has 0 fully saturated rings. The Bertz CT molecular complexity index is 234. The molecule has 0 heterocycles. The molecule has 0 unspecified atom stereocenters. The summed E-state index contributed by atoms with van der Waals surface area (Å²) >= 11 is 0. The average molecular weight is 273 g/mol. The Morgan fingerprint density at radius 1 is 1.00 bits per heavy atom. The summed E-state index contributed by atoms with van der Waals surface area (Å²) in [5.41, 5.74) is 0. The minimum absolute atomic E-state index is 0.0197. The van der Waals surface area contributed by atoms with Gasteiger partial charge in [0, 0.05) is 12.6 Å². The number of carbonyl (C=O) groups excluding carboxylic acids is 1. The van der Waals surface area contributed by atoms with Crippen LogP contribution in [0.15, 0.2) is 5.16 Å². The normalized spacial score (nSPS) is 11.2. The van der Waals surface area contributed by atoms with Gasteiger partial charge in [0.25, 0.3) is 0 Å². The van der Waals surface area contributed by atoms with E-state index in [1.165, 1.54) is 0 Å². The highest BCUT2D eigenvalue weighted by Gasteiger charge is 2.06. The zero-order valence-electron chi connectivity index (χ0n) is 13.8. The first-order valence-electron chi connectivity index (χ1n) is 7.03. The Morgan fingerprint density at radius 3 is 1.84 bits per heavy atom. The van der Waals surface area contributed by atoms with Crippen LogP contribution in [0.2, 0.25) is 0 Å². The van der Waals surface area contributed by atoms with Gasteiger partial charge < -0.3 is 9.57 Å².